The average molecular weight is 957 g/mol. The summed E-state index contributed by atoms with van der Waals surface area (Å²) in [4.78, 5) is 60.1. The van der Waals surface area contributed by atoms with Crippen LogP contribution < -0.4 is 0 Å². The van der Waals surface area contributed by atoms with Crippen LogP contribution in [0.5, 0.6) is 0 Å². The van der Waals surface area contributed by atoms with E-state index in [0.717, 1.165) is 0 Å². The molecule has 0 aliphatic heterocycles. The van der Waals surface area contributed by atoms with Crippen molar-refractivity contribution >= 4 is 90.5 Å². The first-order valence-corrected chi connectivity index (χ1v) is 26.1. The van der Waals surface area contributed by atoms with Gasteiger partial charge in [0.2, 0.25) is 0 Å². The minimum absolute atomic E-state index is 0. The number of ketones is 6. The summed E-state index contributed by atoms with van der Waals surface area (Å²) in [6.45, 7) is 17.1. The number of halogens is 6. The van der Waals surface area contributed by atoms with Crippen molar-refractivity contribution in [2.75, 3.05) is 0 Å². The van der Waals surface area contributed by atoms with E-state index >= 15 is 0 Å². The van der Waals surface area contributed by atoms with Gasteiger partial charge in [0.1, 0.15) is 0 Å². The van der Waals surface area contributed by atoms with Crippen molar-refractivity contribution in [3.8, 4) is 0 Å². The second-order valence-corrected chi connectivity index (χ2v) is 48.1. The van der Waals surface area contributed by atoms with E-state index in [1.54, 1.807) is 0 Å². The quantitative estimate of drug-likeness (QED) is 0.0831. The number of carbonyl (C=O) groups is 6. The summed E-state index contributed by atoms with van der Waals surface area (Å²) >= 11 is 0. The van der Waals surface area contributed by atoms with Crippen LogP contribution in [0.2, 0.25) is 0 Å². The summed E-state index contributed by atoms with van der Waals surface area (Å²) < 4.78 is 0. The van der Waals surface area contributed by atoms with Crippen LogP contribution in [0.15, 0.2) is 71.0 Å². The maximum absolute atomic E-state index is 10.0. The Morgan fingerprint density at radius 1 is 0.314 bits per heavy atom. The summed E-state index contributed by atoms with van der Waals surface area (Å²) in [7, 11) is 25.0. The van der Waals surface area contributed by atoms with E-state index in [1.165, 1.54) is 120 Å². The summed E-state index contributed by atoms with van der Waals surface area (Å²) in [6, 6.07) is 0. The van der Waals surface area contributed by atoms with E-state index in [1.807, 2.05) is 0 Å². The van der Waals surface area contributed by atoms with Gasteiger partial charge < -0.3 is 30.6 Å². The molecule has 0 aliphatic rings. The Kier molecular flexibility index (Phi) is 50.7. The molecule has 0 aromatic rings. The van der Waals surface area contributed by atoms with Gasteiger partial charge in [-0.1, -0.05) is 0 Å². The van der Waals surface area contributed by atoms with Crippen LogP contribution in [0, 0.1) is 0 Å². The molecule has 51 heavy (non-hydrogen) atoms. The number of allylic oxidation sites excluding steroid dienone is 12. The van der Waals surface area contributed by atoms with E-state index in [0.29, 0.717) is 0 Å². The molecule has 0 aromatic carbocycles. The Labute approximate surface area is 351 Å². The Bertz CT molecular complexity index is 1030. The summed E-state index contributed by atoms with van der Waals surface area (Å²) in [5, 5.41) is 50.2. The molecule has 0 amide bonds. The molecule has 296 valence electrons. The van der Waals surface area contributed by atoms with Crippen molar-refractivity contribution in [2.45, 2.75) is 83.1 Å². The van der Waals surface area contributed by atoms with E-state index in [9.17, 15) is 28.8 Å². The maximum atomic E-state index is 10.0. The number of aliphatic hydroxyl groups excluding tert-OH is 6. The number of carbonyl (C=O) groups excluding carboxylic acids is 6. The zero-order valence-corrected chi connectivity index (χ0v) is 39.6. The Balaban J connectivity index is -0.0000000573. The van der Waals surface area contributed by atoms with E-state index in [4.69, 9.17) is 86.5 Å². The van der Waals surface area contributed by atoms with Gasteiger partial charge in [0.25, 0.3) is 0 Å². The van der Waals surface area contributed by atoms with Crippen molar-refractivity contribution in [1.29, 1.82) is 0 Å². The minimum Gasteiger partial charge on any atom is 0 e. The maximum Gasteiger partial charge on any atom is 0 e. The van der Waals surface area contributed by atoms with Crippen LogP contribution in [0.4, 0.5) is 0 Å². The minimum atomic E-state index is -5.33. The van der Waals surface area contributed by atoms with Crippen LogP contribution in [0.25, 0.3) is 0 Å². The van der Waals surface area contributed by atoms with Crippen LogP contribution in [0.3, 0.4) is 0 Å². The molecule has 0 fully saturated rings. The molecule has 6 N–H and O–H groups in total. The molecule has 0 bridgehead atoms. The number of hydrogen-bond acceptors (Lipinski definition) is 12. The molecule has 0 saturated heterocycles. The van der Waals surface area contributed by atoms with Gasteiger partial charge in [-0.2, -0.15) is 0 Å². The average Bonchev–Trinajstić information content (AvgIpc) is 2.67. The SMILES string of the molecule is CC(=O)/C=C(/C)O.CC(=O)/C=C(/C)O.CC(=O)/C=C(/C)O.CC(=O)/C=C(/C)O.CC(=O)/C=C(/C)O.CC(=O)/C=C(/C)O.[Cl][Ti-2]([Cl])([Cl])([Cl])([Cl])[Cl].[Ti].[Ti]. The summed E-state index contributed by atoms with van der Waals surface area (Å²) in [5.74, 6) is -0.375. The zero-order chi connectivity index (χ0) is 41.6. The largest absolute Gasteiger partial charge is 0 e. The van der Waals surface area contributed by atoms with E-state index in [2.05, 4.69) is 0 Å². The van der Waals surface area contributed by atoms with Gasteiger partial charge >= 0.3 is 63.5 Å². The predicted octanol–water partition coefficient (Wildman–Crippen LogP) is 10.4. The Morgan fingerprint density at radius 2 is 0.373 bits per heavy atom. The second-order valence-electron chi connectivity index (χ2n) is 9.45. The van der Waals surface area contributed by atoms with Gasteiger partial charge in [-0.15, -0.1) is 0 Å². The number of hydrogen-bond donors (Lipinski definition) is 6. The Morgan fingerprint density at radius 3 is 0.373 bits per heavy atom. The molecule has 0 saturated carbocycles. The number of rotatable bonds is 6. The molecule has 21 heteroatoms. The van der Waals surface area contributed by atoms with Crippen molar-refractivity contribution in [2.24, 2.45) is 0 Å². The molecule has 0 aliphatic carbocycles. The third-order valence-corrected chi connectivity index (χ3v) is 2.47. The second kappa shape index (κ2) is 36.1. The smallest absolute Gasteiger partial charge is 0 e. The van der Waals surface area contributed by atoms with Crippen molar-refractivity contribution in [3.63, 3.8) is 0 Å². The molecule has 0 unspecified atom stereocenters. The Hall–Kier alpha value is -0.857. The molecule has 0 aromatic heterocycles. The number of aliphatic hydroxyl groups is 6. The topological polar surface area (TPSA) is 224 Å². The molecular weight excluding hydrogens is 909 g/mol. The normalized spacial score (nSPS) is 12.6. The first-order chi connectivity index (χ1) is 21.2. The van der Waals surface area contributed by atoms with E-state index in [-0.39, 0.29) is 113 Å². The molecule has 0 radical (unpaired) electrons. The molecule has 0 spiro atoms. The monoisotopic (exact) mass is 954 g/mol. The zero-order valence-electron chi connectivity index (χ0n) is 30.4. The molecule has 0 atom stereocenters. The van der Waals surface area contributed by atoms with Crippen molar-refractivity contribution < 1.29 is 111 Å². The fourth-order valence-corrected chi connectivity index (χ4v) is 1.76. The fraction of sp³-hybridized carbons (Fsp3) is 0.400. The predicted molar refractivity (Wildman–Crippen MR) is 198 cm³/mol. The van der Waals surface area contributed by atoms with Crippen LogP contribution in [-0.2, 0) is 79.9 Å². The third-order valence-electron chi connectivity index (χ3n) is 2.47. The van der Waals surface area contributed by atoms with Crippen LogP contribution in [-0.4, -0.2) is 65.3 Å². The molecule has 0 rings (SSSR count). The summed E-state index contributed by atoms with van der Waals surface area (Å²) in [6.07, 6.45) is 7.00. The van der Waals surface area contributed by atoms with Crippen molar-refractivity contribution in [3.05, 3.63) is 71.0 Å². The van der Waals surface area contributed by atoms with Gasteiger partial charge in [0.15, 0.2) is 34.7 Å². The molecule has 0 heterocycles. The first kappa shape index (κ1) is 71.5. The van der Waals surface area contributed by atoms with Gasteiger partial charge in [0.05, 0.1) is 34.6 Å². The molecular formula is C30H48Cl6O12Ti3-2. The third kappa shape index (κ3) is 204. The van der Waals surface area contributed by atoms with E-state index < -0.39 is 7.66 Å². The standard InChI is InChI=1S/6C5H8O2.6ClH.3Ti/c6*1-4(6)3-5(2)7;;;;;;;;;/h6*3,6H,1-2H3;6*1H;;;/q;;;;;;;;;;;;;;+4/p-6/b6*4-3-;;;;;;;;;. The van der Waals surface area contributed by atoms with Crippen LogP contribution in [0.1, 0.15) is 83.1 Å². The fourth-order valence-electron chi connectivity index (χ4n) is 1.76. The van der Waals surface area contributed by atoms with Gasteiger partial charge in [-0.25, -0.2) is 0 Å². The van der Waals surface area contributed by atoms with Gasteiger partial charge in [0, 0.05) is 79.9 Å². The van der Waals surface area contributed by atoms with Gasteiger partial charge in [-0.05, 0) is 83.1 Å². The van der Waals surface area contributed by atoms with Gasteiger partial charge in [-0.3, -0.25) is 28.8 Å². The molecule has 12 nitrogen and oxygen atoms in total. The van der Waals surface area contributed by atoms with Crippen molar-refractivity contribution in [1.82, 2.24) is 0 Å². The summed E-state index contributed by atoms with van der Waals surface area (Å²) in [5.41, 5.74) is 0. The van der Waals surface area contributed by atoms with Crippen LogP contribution >= 0.6 is 55.8 Å². The first-order valence-electron chi connectivity index (χ1n) is 13.2.